The number of esters is 1. The molecular weight excluding hydrogens is 338 g/mol. The van der Waals surface area contributed by atoms with Crippen LogP contribution in [0.5, 0.6) is 0 Å². The van der Waals surface area contributed by atoms with E-state index >= 15 is 0 Å². The number of alkyl halides is 1. The summed E-state index contributed by atoms with van der Waals surface area (Å²) in [4.78, 5) is 25.2. The SMILES string of the molecule is C[C@@H](OC(=O)C12C[C@@H]3C[C@@H](CC(Cl)(C3)C1)C2)C(=O)NC1CCCCC1. The summed E-state index contributed by atoms with van der Waals surface area (Å²) >= 11 is 6.81. The topological polar surface area (TPSA) is 55.4 Å². The van der Waals surface area contributed by atoms with E-state index in [1.54, 1.807) is 6.92 Å². The van der Waals surface area contributed by atoms with E-state index in [1.807, 2.05) is 0 Å². The quantitative estimate of drug-likeness (QED) is 0.604. The van der Waals surface area contributed by atoms with Crippen LogP contribution in [0.4, 0.5) is 0 Å². The Labute approximate surface area is 155 Å². The molecule has 0 aromatic heterocycles. The predicted molar refractivity (Wildman–Crippen MR) is 96.3 cm³/mol. The van der Waals surface area contributed by atoms with E-state index < -0.39 is 11.5 Å². The van der Waals surface area contributed by atoms with Crippen LogP contribution in [-0.4, -0.2) is 28.9 Å². The molecule has 0 aliphatic heterocycles. The molecule has 0 aromatic rings. The molecule has 0 aromatic carbocycles. The molecule has 1 amide bonds. The average Bonchev–Trinajstić information content (AvgIpc) is 2.53. The number of nitrogens with one attached hydrogen (secondary N) is 1. The molecule has 5 atom stereocenters. The monoisotopic (exact) mass is 367 g/mol. The number of ether oxygens (including phenoxy) is 1. The van der Waals surface area contributed by atoms with Crippen molar-refractivity contribution < 1.29 is 14.3 Å². The average molecular weight is 368 g/mol. The van der Waals surface area contributed by atoms with Crippen LogP contribution in [0.1, 0.15) is 77.6 Å². The van der Waals surface area contributed by atoms with Crippen molar-refractivity contribution in [1.29, 1.82) is 0 Å². The summed E-state index contributed by atoms with van der Waals surface area (Å²) in [5.41, 5.74) is -0.439. The minimum absolute atomic E-state index is 0.148. The van der Waals surface area contributed by atoms with E-state index in [0.29, 0.717) is 11.8 Å². The van der Waals surface area contributed by atoms with Crippen molar-refractivity contribution in [2.24, 2.45) is 17.3 Å². The fourth-order valence-electron chi connectivity index (χ4n) is 6.29. The highest BCUT2D eigenvalue weighted by Crippen LogP contribution is 2.64. The molecule has 5 fully saturated rings. The largest absolute Gasteiger partial charge is 0.452 e. The number of hydrogen-bond acceptors (Lipinski definition) is 3. The van der Waals surface area contributed by atoms with Gasteiger partial charge in [0.2, 0.25) is 0 Å². The molecule has 140 valence electrons. The van der Waals surface area contributed by atoms with Crippen LogP contribution in [0.2, 0.25) is 0 Å². The number of carbonyl (C=O) groups is 2. The van der Waals surface area contributed by atoms with Gasteiger partial charge in [0.15, 0.2) is 6.10 Å². The van der Waals surface area contributed by atoms with Crippen LogP contribution in [-0.2, 0) is 14.3 Å². The Hall–Kier alpha value is -0.770. The van der Waals surface area contributed by atoms with Gasteiger partial charge in [-0.25, -0.2) is 0 Å². The number of halogens is 1. The van der Waals surface area contributed by atoms with Gasteiger partial charge in [0, 0.05) is 10.9 Å². The highest BCUT2D eigenvalue weighted by atomic mass is 35.5. The molecule has 5 rings (SSSR count). The van der Waals surface area contributed by atoms with Gasteiger partial charge in [-0.15, -0.1) is 11.6 Å². The minimum atomic E-state index is -0.714. The maximum Gasteiger partial charge on any atom is 0.312 e. The summed E-state index contributed by atoms with van der Waals surface area (Å²) in [6.07, 6.45) is 10.8. The Balaban J connectivity index is 1.37. The molecule has 2 unspecified atom stereocenters. The summed E-state index contributed by atoms with van der Waals surface area (Å²) in [5.74, 6) is 0.777. The van der Waals surface area contributed by atoms with Crippen molar-refractivity contribution in [3.05, 3.63) is 0 Å². The molecule has 4 nitrogen and oxygen atoms in total. The summed E-state index contributed by atoms with van der Waals surface area (Å²) in [6, 6.07) is 0.244. The first-order valence-electron chi connectivity index (χ1n) is 10.1. The fraction of sp³-hybridized carbons (Fsp3) is 0.900. The van der Waals surface area contributed by atoms with Gasteiger partial charge < -0.3 is 10.1 Å². The summed E-state index contributed by atoms with van der Waals surface area (Å²) < 4.78 is 5.67. The van der Waals surface area contributed by atoms with Gasteiger partial charge in [-0.3, -0.25) is 9.59 Å². The smallest absolute Gasteiger partial charge is 0.312 e. The highest BCUT2D eigenvalue weighted by molar-refractivity contribution is 6.24. The molecule has 5 heteroatoms. The van der Waals surface area contributed by atoms with Crippen molar-refractivity contribution >= 4 is 23.5 Å². The molecule has 4 bridgehead atoms. The predicted octanol–water partition coefficient (Wildman–Crippen LogP) is 3.94. The second-order valence-electron chi connectivity index (χ2n) is 9.28. The summed E-state index contributed by atoms with van der Waals surface area (Å²) in [7, 11) is 0. The summed E-state index contributed by atoms with van der Waals surface area (Å²) in [6.45, 7) is 1.70. The van der Waals surface area contributed by atoms with Crippen molar-refractivity contribution in [3.8, 4) is 0 Å². The lowest BCUT2D eigenvalue weighted by Gasteiger charge is -2.58. The number of amides is 1. The maximum absolute atomic E-state index is 13.0. The maximum atomic E-state index is 13.0. The van der Waals surface area contributed by atoms with E-state index in [0.717, 1.165) is 44.9 Å². The summed E-state index contributed by atoms with van der Waals surface area (Å²) in [5, 5.41) is 3.06. The van der Waals surface area contributed by atoms with Crippen molar-refractivity contribution in [2.45, 2.75) is 94.6 Å². The third-order valence-electron chi connectivity index (χ3n) is 7.03. The van der Waals surface area contributed by atoms with Crippen LogP contribution in [0.3, 0.4) is 0 Å². The molecular formula is C20H30ClNO3. The molecule has 25 heavy (non-hydrogen) atoms. The molecule has 0 saturated heterocycles. The first-order valence-corrected chi connectivity index (χ1v) is 10.5. The lowest BCUT2D eigenvalue weighted by atomic mass is 9.49. The third kappa shape index (κ3) is 3.43. The van der Waals surface area contributed by atoms with Gasteiger partial charge >= 0.3 is 5.97 Å². The van der Waals surface area contributed by atoms with Crippen LogP contribution < -0.4 is 5.32 Å². The van der Waals surface area contributed by atoms with Crippen LogP contribution in [0, 0.1) is 17.3 Å². The first-order chi connectivity index (χ1) is 11.9. The van der Waals surface area contributed by atoms with Crippen molar-refractivity contribution in [2.75, 3.05) is 0 Å². The van der Waals surface area contributed by atoms with Gasteiger partial charge in [0.25, 0.3) is 5.91 Å². The van der Waals surface area contributed by atoms with E-state index in [4.69, 9.17) is 16.3 Å². The molecule has 0 heterocycles. The van der Waals surface area contributed by atoms with E-state index in [2.05, 4.69) is 5.32 Å². The van der Waals surface area contributed by atoms with Gasteiger partial charge in [-0.05, 0) is 70.1 Å². The standard InChI is InChI=1S/C20H30ClNO3/c1-13(17(23)22-16-5-3-2-4-6-16)25-18(24)19-8-14-7-15(9-19)11-20(21,10-14)12-19/h13-16H,2-12H2,1H3,(H,22,23)/t13-,14-,15+,19?,20?/m1/s1. The molecule has 0 spiro atoms. The Kier molecular flexibility index (Phi) is 4.54. The van der Waals surface area contributed by atoms with Crippen LogP contribution >= 0.6 is 11.6 Å². The normalized spacial score (nSPS) is 41.4. The zero-order valence-electron chi connectivity index (χ0n) is 15.2. The zero-order valence-corrected chi connectivity index (χ0v) is 15.9. The number of hydrogen-bond donors (Lipinski definition) is 1. The van der Waals surface area contributed by atoms with Crippen LogP contribution in [0.15, 0.2) is 0 Å². The van der Waals surface area contributed by atoms with Crippen LogP contribution in [0.25, 0.3) is 0 Å². The van der Waals surface area contributed by atoms with Gasteiger partial charge in [-0.1, -0.05) is 19.3 Å². The second kappa shape index (κ2) is 6.44. The zero-order chi connectivity index (χ0) is 17.7. The molecule has 5 aliphatic carbocycles. The Morgan fingerprint density at radius 3 is 2.32 bits per heavy atom. The van der Waals surface area contributed by atoms with E-state index in [-0.39, 0.29) is 22.8 Å². The van der Waals surface area contributed by atoms with Gasteiger partial charge in [0.05, 0.1) is 5.41 Å². The van der Waals surface area contributed by atoms with Crippen molar-refractivity contribution in [1.82, 2.24) is 5.32 Å². The van der Waals surface area contributed by atoms with Crippen molar-refractivity contribution in [3.63, 3.8) is 0 Å². The van der Waals surface area contributed by atoms with Gasteiger partial charge in [-0.2, -0.15) is 0 Å². The Morgan fingerprint density at radius 1 is 1.08 bits per heavy atom. The number of rotatable bonds is 4. The third-order valence-corrected chi connectivity index (χ3v) is 7.47. The fourth-order valence-corrected chi connectivity index (χ4v) is 6.99. The second-order valence-corrected chi connectivity index (χ2v) is 10.1. The first kappa shape index (κ1) is 17.6. The number of carbonyl (C=O) groups excluding carboxylic acids is 2. The molecule has 5 saturated carbocycles. The molecule has 5 aliphatic rings. The van der Waals surface area contributed by atoms with E-state index in [9.17, 15) is 9.59 Å². The lowest BCUT2D eigenvalue weighted by molar-refractivity contribution is -0.177. The van der Waals surface area contributed by atoms with E-state index in [1.165, 1.54) is 25.7 Å². The highest BCUT2D eigenvalue weighted by Gasteiger charge is 2.61. The Morgan fingerprint density at radius 2 is 1.72 bits per heavy atom. The minimum Gasteiger partial charge on any atom is -0.452 e. The molecule has 0 radical (unpaired) electrons. The Bertz CT molecular complexity index is 543. The molecule has 1 N–H and O–H groups in total. The lowest BCUT2D eigenvalue weighted by Crippen LogP contribution is -2.57. The van der Waals surface area contributed by atoms with Gasteiger partial charge in [0.1, 0.15) is 0 Å².